The molecule has 4 rings (SSSR count). The van der Waals surface area contributed by atoms with E-state index in [9.17, 15) is 19.2 Å². The monoisotopic (exact) mass is 603 g/mol. The zero-order valence-electron chi connectivity index (χ0n) is 22.8. The molecule has 0 saturated carbocycles. The molecular weight excluding hydrogens is 570 g/mol. The van der Waals surface area contributed by atoms with E-state index >= 15 is 0 Å². The molecule has 1 aliphatic heterocycles. The quantitative estimate of drug-likeness (QED) is 0.282. The van der Waals surface area contributed by atoms with Gasteiger partial charge in [-0.05, 0) is 55.2 Å². The van der Waals surface area contributed by atoms with Crippen molar-refractivity contribution >= 4 is 39.6 Å². The van der Waals surface area contributed by atoms with Gasteiger partial charge in [-0.1, -0.05) is 77.5 Å². The highest BCUT2D eigenvalue weighted by Crippen LogP contribution is 2.24. The highest BCUT2D eigenvalue weighted by Gasteiger charge is 2.35. The van der Waals surface area contributed by atoms with Crippen molar-refractivity contribution in [2.75, 3.05) is 6.54 Å². The molecule has 1 heterocycles. The van der Waals surface area contributed by atoms with Gasteiger partial charge in [0.2, 0.25) is 11.8 Å². The lowest BCUT2D eigenvalue weighted by atomic mass is 10.0. The van der Waals surface area contributed by atoms with E-state index in [1.54, 1.807) is 29.2 Å². The molecule has 0 aromatic heterocycles. The number of carbonyl (C=O) groups is 4. The number of carbonyl (C=O) groups excluding carboxylic acids is 4. The summed E-state index contributed by atoms with van der Waals surface area (Å²) in [7, 11) is 0. The van der Waals surface area contributed by atoms with Crippen molar-refractivity contribution in [1.82, 2.24) is 15.1 Å². The van der Waals surface area contributed by atoms with Gasteiger partial charge in [-0.3, -0.25) is 24.1 Å². The normalized spacial score (nSPS) is 14.0. The first-order valence-electron chi connectivity index (χ1n) is 13.6. The number of rotatable bonds is 12. The van der Waals surface area contributed by atoms with Gasteiger partial charge in [0.25, 0.3) is 11.8 Å². The number of imide groups is 1. The van der Waals surface area contributed by atoms with Gasteiger partial charge in [0.15, 0.2) is 0 Å². The van der Waals surface area contributed by atoms with Gasteiger partial charge in [-0.2, -0.15) is 0 Å². The van der Waals surface area contributed by atoms with Gasteiger partial charge in [0.1, 0.15) is 6.04 Å². The molecule has 8 heteroatoms. The Morgan fingerprint density at radius 2 is 1.52 bits per heavy atom. The smallest absolute Gasteiger partial charge is 0.261 e. The summed E-state index contributed by atoms with van der Waals surface area (Å²) in [5, 5.41) is 3.07. The Morgan fingerprint density at radius 1 is 0.900 bits per heavy atom. The molecule has 0 spiro atoms. The summed E-state index contributed by atoms with van der Waals surface area (Å²) in [6.07, 6.45) is 1.51. The SMILES string of the molecule is CC[C@@H](C)NC(=O)[C@H](Cc1ccccc1)N(Cc1cccc(Br)c1)C(=O)CCCN1C(=O)c2ccccc2C1=O. The van der Waals surface area contributed by atoms with Crippen LogP contribution in [-0.2, 0) is 22.6 Å². The van der Waals surface area contributed by atoms with E-state index in [1.165, 1.54) is 4.90 Å². The van der Waals surface area contributed by atoms with Crippen LogP contribution in [-0.4, -0.2) is 52.1 Å². The third-order valence-electron chi connectivity index (χ3n) is 7.16. The second-order valence-corrected chi connectivity index (χ2v) is 11.0. The maximum absolute atomic E-state index is 13.8. The molecule has 1 aliphatic rings. The average molecular weight is 605 g/mol. The zero-order valence-corrected chi connectivity index (χ0v) is 24.4. The fourth-order valence-electron chi connectivity index (χ4n) is 4.80. The summed E-state index contributed by atoms with van der Waals surface area (Å²) < 4.78 is 0.881. The van der Waals surface area contributed by atoms with Crippen LogP contribution in [0.1, 0.15) is 65.0 Å². The van der Waals surface area contributed by atoms with E-state index in [0.717, 1.165) is 22.0 Å². The largest absolute Gasteiger partial charge is 0.352 e. The van der Waals surface area contributed by atoms with E-state index in [2.05, 4.69) is 21.2 Å². The van der Waals surface area contributed by atoms with Crippen molar-refractivity contribution < 1.29 is 19.2 Å². The number of halogens is 1. The van der Waals surface area contributed by atoms with E-state index in [0.29, 0.717) is 24.0 Å². The zero-order chi connectivity index (χ0) is 28.6. The molecule has 4 amide bonds. The molecule has 2 atom stereocenters. The Kier molecular flexibility index (Phi) is 9.88. The first-order valence-corrected chi connectivity index (χ1v) is 14.4. The molecule has 0 bridgehead atoms. The number of nitrogens with one attached hydrogen (secondary N) is 1. The highest BCUT2D eigenvalue weighted by molar-refractivity contribution is 9.10. The van der Waals surface area contributed by atoms with Crippen LogP contribution in [0.5, 0.6) is 0 Å². The molecule has 0 radical (unpaired) electrons. The Labute approximate surface area is 243 Å². The molecule has 0 saturated heterocycles. The van der Waals surface area contributed by atoms with Crippen LogP contribution < -0.4 is 5.32 Å². The third kappa shape index (κ3) is 7.04. The summed E-state index contributed by atoms with van der Waals surface area (Å²) in [4.78, 5) is 55.8. The maximum Gasteiger partial charge on any atom is 0.261 e. The average Bonchev–Trinajstić information content (AvgIpc) is 3.20. The van der Waals surface area contributed by atoms with Crippen LogP contribution in [0.15, 0.2) is 83.3 Å². The molecule has 0 fully saturated rings. The summed E-state index contributed by atoms with van der Waals surface area (Å²) in [5.41, 5.74) is 2.61. The maximum atomic E-state index is 13.8. The molecule has 3 aromatic carbocycles. The molecule has 208 valence electrons. The van der Waals surface area contributed by atoms with Crippen LogP contribution in [0.2, 0.25) is 0 Å². The van der Waals surface area contributed by atoms with Gasteiger partial charge in [-0.25, -0.2) is 0 Å². The Balaban J connectivity index is 1.55. The standard InChI is InChI=1S/C32H34BrN3O4/c1-3-22(2)34-30(38)28(20-23-11-5-4-6-12-23)36(21-24-13-9-14-25(33)19-24)29(37)17-10-18-35-31(39)26-15-7-8-16-27(26)32(35)40/h4-9,11-16,19,22,28H,3,10,17-18,20-21H2,1-2H3,(H,34,38)/t22-,28+/m1/s1. The lowest BCUT2D eigenvalue weighted by Crippen LogP contribution is -2.52. The predicted molar refractivity (Wildman–Crippen MR) is 158 cm³/mol. The number of fused-ring (bicyclic) bond motifs is 1. The van der Waals surface area contributed by atoms with Crippen molar-refractivity contribution in [1.29, 1.82) is 0 Å². The molecule has 40 heavy (non-hydrogen) atoms. The molecule has 0 unspecified atom stereocenters. The van der Waals surface area contributed by atoms with E-state index < -0.39 is 6.04 Å². The van der Waals surface area contributed by atoms with Gasteiger partial charge in [-0.15, -0.1) is 0 Å². The van der Waals surface area contributed by atoms with Crippen molar-refractivity contribution in [3.05, 3.63) is 106 Å². The summed E-state index contributed by atoms with van der Waals surface area (Å²) >= 11 is 3.50. The number of nitrogens with zero attached hydrogens (tertiary/aromatic N) is 2. The van der Waals surface area contributed by atoms with E-state index in [1.807, 2.05) is 68.4 Å². The molecule has 0 aliphatic carbocycles. The predicted octanol–water partition coefficient (Wildman–Crippen LogP) is 5.38. The van der Waals surface area contributed by atoms with Gasteiger partial charge >= 0.3 is 0 Å². The first kappa shape index (κ1) is 29.2. The van der Waals surface area contributed by atoms with E-state index in [-0.39, 0.29) is 49.2 Å². The van der Waals surface area contributed by atoms with Gasteiger partial charge in [0.05, 0.1) is 11.1 Å². The molecular formula is C32H34BrN3O4. The Morgan fingerprint density at radius 3 is 2.15 bits per heavy atom. The van der Waals surface area contributed by atoms with Crippen LogP contribution in [0, 0.1) is 0 Å². The van der Waals surface area contributed by atoms with Gasteiger partial charge < -0.3 is 10.2 Å². The van der Waals surface area contributed by atoms with Crippen molar-refractivity contribution in [2.24, 2.45) is 0 Å². The molecule has 1 N–H and O–H groups in total. The first-order chi connectivity index (χ1) is 19.3. The minimum atomic E-state index is -0.734. The van der Waals surface area contributed by atoms with Crippen LogP contribution in [0.3, 0.4) is 0 Å². The third-order valence-corrected chi connectivity index (χ3v) is 7.66. The Bertz CT molecular complexity index is 1340. The Hall–Kier alpha value is -3.78. The minimum Gasteiger partial charge on any atom is -0.352 e. The topological polar surface area (TPSA) is 86.8 Å². The number of benzene rings is 3. The second-order valence-electron chi connectivity index (χ2n) is 10.1. The lowest BCUT2D eigenvalue weighted by Gasteiger charge is -2.32. The van der Waals surface area contributed by atoms with Crippen LogP contribution >= 0.6 is 15.9 Å². The fraction of sp³-hybridized carbons (Fsp3) is 0.312. The summed E-state index contributed by atoms with van der Waals surface area (Å²) in [5.74, 6) is -1.10. The second kappa shape index (κ2) is 13.5. The highest BCUT2D eigenvalue weighted by atomic mass is 79.9. The number of amides is 4. The van der Waals surface area contributed by atoms with Crippen LogP contribution in [0.25, 0.3) is 0 Å². The van der Waals surface area contributed by atoms with Crippen molar-refractivity contribution in [3.8, 4) is 0 Å². The lowest BCUT2D eigenvalue weighted by molar-refractivity contribution is -0.141. The van der Waals surface area contributed by atoms with Crippen LogP contribution in [0.4, 0.5) is 0 Å². The van der Waals surface area contributed by atoms with Gasteiger partial charge in [0, 0.05) is 36.4 Å². The van der Waals surface area contributed by atoms with E-state index in [4.69, 9.17) is 0 Å². The fourth-order valence-corrected chi connectivity index (χ4v) is 5.25. The summed E-state index contributed by atoms with van der Waals surface area (Å²) in [6, 6.07) is 23.3. The number of hydrogen-bond acceptors (Lipinski definition) is 4. The molecule has 7 nitrogen and oxygen atoms in total. The molecule has 3 aromatic rings. The van der Waals surface area contributed by atoms with Crippen molar-refractivity contribution in [3.63, 3.8) is 0 Å². The van der Waals surface area contributed by atoms with Crippen molar-refractivity contribution in [2.45, 2.75) is 58.2 Å². The summed E-state index contributed by atoms with van der Waals surface area (Å²) in [6.45, 7) is 4.32. The number of hydrogen-bond donors (Lipinski definition) is 1. The minimum absolute atomic E-state index is 0.0394.